The number of anilines is 1. The summed E-state index contributed by atoms with van der Waals surface area (Å²) in [4.78, 5) is 26.5. The van der Waals surface area contributed by atoms with Crippen LogP contribution in [-0.4, -0.2) is 18.4 Å². The monoisotopic (exact) mass is 348 g/mol. The summed E-state index contributed by atoms with van der Waals surface area (Å²) in [5, 5.41) is 9.10. The van der Waals surface area contributed by atoms with Crippen LogP contribution in [0, 0.1) is 17.2 Å². The van der Waals surface area contributed by atoms with Crippen LogP contribution in [0.25, 0.3) is 0 Å². The van der Waals surface area contributed by atoms with Crippen molar-refractivity contribution < 1.29 is 14.3 Å². The Hall–Kier alpha value is -3.13. The van der Waals surface area contributed by atoms with Gasteiger partial charge in [-0.05, 0) is 24.1 Å². The number of hydrogen-bond donors (Lipinski definition) is 0. The van der Waals surface area contributed by atoms with Gasteiger partial charge >= 0.3 is 5.97 Å². The van der Waals surface area contributed by atoms with Crippen molar-refractivity contribution in [3.63, 3.8) is 0 Å². The second-order valence-corrected chi connectivity index (χ2v) is 6.26. The Morgan fingerprint density at radius 1 is 1.19 bits per heavy atom. The van der Waals surface area contributed by atoms with E-state index in [-0.39, 0.29) is 18.9 Å². The van der Waals surface area contributed by atoms with Gasteiger partial charge in [0.15, 0.2) is 0 Å². The van der Waals surface area contributed by atoms with Crippen molar-refractivity contribution in [3.8, 4) is 6.07 Å². The molecule has 1 aliphatic heterocycles. The molecule has 1 saturated heterocycles. The zero-order chi connectivity index (χ0) is 18.5. The second-order valence-electron chi connectivity index (χ2n) is 6.26. The zero-order valence-corrected chi connectivity index (χ0v) is 14.6. The van der Waals surface area contributed by atoms with Crippen molar-refractivity contribution in [2.45, 2.75) is 26.4 Å². The molecule has 5 heteroatoms. The number of esters is 1. The molecule has 26 heavy (non-hydrogen) atoms. The van der Waals surface area contributed by atoms with Crippen molar-refractivity contribution in [2.24, 2.45) is 5.92 Å². The Kier molecular flexibility index (Phi) is 5.33. The molecule has 1 amide bonds. The molecule has 3 rings (SSSR count). The number of amides is 1. The van der Waals surface area contributed by atoms with E-state index in [9.17, 15) is 9.59 Å². The minimum absolute atomic E-state index is 0.0405. The summed E-state index contributed by atoms with van der Waals surface area (Å²) in [6.45, 7) is 2.41. The fraction of sp³-hybridized carbons (Fsp3) is 0.286. The number of ether oxygens (including phenoxy) is 1. The second kappa shape index (κ2) is 7.83. The first kappa shape index (κ1) is 17.7. The Morgan fingerprint density at radius 3 is 2.62 bits per heavy atom. The van der Waals surface area contributed by atoms with Crippen molar-refractivity contribution in [2.75, 3.05) is 11.4 Å². The largest absolute Gasteiger partial charge is 0.460 e. The highest BCUT2D eigenvalue weighted by atomic mass is 16.5. The molecular weight excluding hydrogens is 328 g/mol. The van der Waals surface area contributed by atoms with Crippen LogP contribution in [0.3, 0.4) is 0 Å². The molecular formula is C21H20N2O3. The van der Waals surface area contributed by atoms with E-state index in [2.05, 4.69) is 6.07 Å². The maximum absolute atomic E-state index is 12.4. The van der Waals surface area contributed by atoms with Gasteiger partial charge in [-0.3, -0.25) is 9.59 Å². The molecule has 5 nitrogen and oxygen atoms in total. The molecule has 1 fully saturated rings. The summed E-state index contributed by atoms with van der Waals surface area (Å²) in [6, 6.07) is 16.8. The number of nitriles is 1. The molecule has 1 atom stereocenters. The maximum Gasteiger partial charge on any atom is 0.311 e. The summed E-state index contributed by atoms with van der Waals surface area (Å²) in [5.41, 5.74) is 3.10. The SMILES string of the molecule is CCc1ccccc1N1C[C@@H](C(=O)OCc2ccccc2C#N)CC1=O. The van der Waals surface area contributed by atoms with Crippen molar-refractivity contribution in [1.82, 2.24) is 0 Å². The minimum atomic E-state index is -0.485. The minimum Gasteiger partial charge on any atom is -0.460 e. The summed E-state index contributed by atoms with van der Waals surface area (Å²) >= 11 is 0. The number of nitrogens with zero attached hydrogens (tertiary/aromatic N) is 2. The molecule has 0 radical (unpaired) electrons. The summed E-state index contributed by atoms with van der Waals surface area (Å²) in [5.74, 6) is -0.950. The lowest BCUT2D eigenvalue weighted by Gasteiger charge is -2.19. The number of carbonyl (C=O) groups is 2. The lowest BCUT2D eigenvalue weighted by molar-refractivity contribution is -0.149. The molecule has 0 aliphatic carbocycles. The lowest BCUT2D eigenvalue weighted by Crippen LogP contribution is -2.27. The fourth-order valence-electron chi connectivity index (χ4n) is 3.19. The molecule has 0 bridgehead atoms. The topological polar surface area (TPSA) is 70.4 Å². The standard InChI is InChI=1S/C21H20N2O3/c1-2-15-7-5-6-10-19(15)23-13-18(11-20(23)24)21(25)26-14-17-9-4-3-8-16(17)12-22/h3-10,18H,2,11,13-14H2,1H3/t18-/m0/s1. The van der Waals surface area contributed by atoms with E-state index in [1.807, 2.05) is 31.2 Å². The molecule has 1 heterocycles. The summed E-state index contributed by atoms with van der Waals surface area (Å²) < 4.78 is 5.37. The quantitative estimate of drug-likeness (QED) is 0.778. The average Bonchev–Trinajstić information content (AvgIpc) is 3.07. The first-order valence-electron chi connectivity index (χ1n) is 8.67. The van der Waals surface area contributed by atoms with E-state index < -0.39 is 11.9 Å². The van der Waals surface area contributed by atoms with Crippen molar-refractivity contribution in [3.05, 3.63) is 65.2 Å². The number of benzene rings is 2. The highest BCUT2D eigenvalue weighted by Gasteiger charge is 2.36. The number of rotatable bonds is 5. The predicted molar refractivity (Wildman–Crippen MR) is 97.2 cm³/mol. The third-order valence-electron chi connectivity index (χ3n) is 4.63. The fourth-order valence-corrected chi connectivity index (χ4v) is 3.19. The molecule has 0 aromatic heterocycles. The van der Waals surface area contributed by atoms with Gasteiger partial charge in [0.2, 0.25) is 5.91 Å². The first-order chi connectivity index (χ1) is 12.6. The number of para-hydroxylation sites is 1. The Labute approximate surface area is 152 Å². The highest BCUT2D eigenvalue weighted by molar-refractivity contribution is 6.00. The number of aryl methyl sites for hydroxylation is 1. The molecule has 0 spiro atoms. The number of hydrogen-bond acceptors (Lipinski definition) is 4. The normalized spacial score (nSPS) is 16.4. The van der Waals surface area contributed by atoms with Crippen LogP contribution in [0.1, 0.15) is 30.0 Å². The molecule has 1 aliphatic rings. The van der Waals surface area contributed by atoms with Crippen LogP contribution in [0.5, 0.6) is 0 Å². The third kappa shape index (κ3) is 3.60. The molecule has 0 unspecified atom stereocenters. The molecule has 0 N–H and O–H groups in total. The van der Waals surface area contributed by atoms with Crippen molar-refractivity contribution in [1.29, 1.82) is 5.26 Å². The van der Waals surface area contributed by atoms with E-state index in [4.69, 9.17) is 10.00 Å². The highest BCUT2D eigenvalue weighted by Crippen LogP contribution is 2.29. The Balaban J connectivity index is 1.67. The van der Waals surface area contributed by atoms with Crippen LogP contribution in [0.4, 0.5) is 5.69 Å². The molecule has 2 aromatic rings. The van der Waals surface area contributed by atoms with E-state index in [0.29, 0.717) is 17.7 Å². The lowest BCUT2D eigenvalue weighted by atomic mass is 10.1. The molecule has 0 saturated carbocycles. The van der Waals surface area contributed by atoms with Gasteiger partial charge in [0, 0.05) is 24.2 Å². The van der Waals surface area contributed by atoms with E-state index in [1.165, 1.54) is 0 Å². The van der Waals surface area contributed by atoms with Gasteiger partial charge in [-0.15, -0.1) is 0 Å². The molecule has 132 valence electrons. The van der Waals surface area contributed by atoms with Crippen LogP contribution >= 0.6 is 0 Å². The van der Waals surface area contributed by atoms with Gasteiger partial charge in [-0.2, -0.15) is 5.26 Å². The zero-order valence-electron chi connectivity index (χ0n) is 14.6. The van der Waals surface area contributed by atoms with Gasteiger partial charge in [0.05, 0.1) is 17.6 Å². The van der Waals surface area contributed by atoms with Gasteiger partial charge in [-0.25, -0.2) is 0 Å². The van der Waals surface area contributed by atoms with Crippen LogP contribution in [0.15, 0.2) is 48.5 Å². The van der Waals surface area contributed by atoms with E-state index in [1.54, 1.807) is 29.2 Å². The van der Waals surface area contributed by atoms with Gasteiger partial charge < -0.3 is 9.64 Å². The summed E-state index contributed by atoms with van der Waals surface area (Å²) in [7, 11) is 0. The maximum atomic E-state index is 12.4. The smallest absolute Gasteiger partial charge is 0.311 e. The molecule has 2 aromatic carbocycles. The van der Waals surface area contributed by atoms with Crippen LogP contribution < -0.4 is 4.90 Å². The van der Waals surface area contributed by atoms with Gasteiger partial charge in [-0.1, -0.05) is 43.3 Å². The van der Waals surface area contributed by atoms with Crippen LogP contribution in [0.2, 0.25) is 0 Å². The van der Waals surface area contributed by atoms with Crippen molar-refractivity contribution >= 4 is 17.6 Å². The van der Waals surface area contributed by atoms with Gasteiger partial charge in [0.25, 0.3) is 0 Å². The van der Waals surface area contributed by atoms with E-state index >= 15 is 0 Å². The Morgan fingerprint density at radius 2 is 1.88 bits per heavy atom. The first-order valence-corrected chi connectivity index (χ1v) is 8.67. The average molecular weight is 348 g/mol. The predicted octanol–water partition coefficient (Wildman–Crippen LogP) is 3.22. The Bertz CT molecular complexity index is 870. The number of carbonyl (C=O) groups excluding carboxylic acids is 2. The van der Waals surface area contributed by atoms with Gasteiger partial charge in [0.1, 0.15) is 6.61 Å². The third-order valence-corrected chi connectivity index (χ3v) is 4.63. The van der Waals surface area contributed by atoms with E-state index in [0.717, 1.165) is 17.7 Å². The van der Waals surface area contributed by atoms with Crippen LogP contribution in [-0.2, 0) is 27.4 Å². The summed E-state index contributed by atoms with van der Waals surface area (Å²) in [6.07, 6.45) is 0.969.